The fraction of sp³-hybridized carbons (Fsp3) is 0.600. The Balaban J connectivity index is 1.97. The van der Waals surface area contributed by atoms with Crippen molar-refractivity contribution in [3.8, 4) is 0 Å². The number of nitrogens with zero attached hydrogens (tertiary/aromatic N) is 1. The molecular weight excluding hydrogens is 199 g/mol. The highest BCUT2D eigenvalue weighted by molar-refractivity contribution is 7.07. The Kier molecular flexibility index (Phi) is 3.15. The van der Waals surface area contributed by atoms with E-state index in [9.17, 15) is 4.39 Å². The molecule has 0 aromatic carbocycles. The summed E-state index contributed by atoms with van der Waals surface area (Å²) in [4.78, 5) is 2.15. The maximum absolute atomic E-state index is 13.1. The van der Waals surface area contributed by atoms with E-state index in [1.807, 2.05) is 0 Å². The summed E-state index contributed by atoms with van der Waals surface area (Å²) in [5, 5.41) is 4.16. The summed E-state index contributed by atoms with van der Waals surface area (Å²) in [6.07, 6.45) is -0.0946. The molecule has 0 saturated carbocycles. The van der Waals surface area contributed by atoms with Crippen molar-refractivity contribution in [3.63, 3.8) is 0 Å². The molecule has 4 heteroatoms. The number of nitrogens with two attached hydrogens (primary N) is 1. The van der Waals surface area contributed by atoms with Crippen LogP contribution in [0.2, 0.25) is 0 Å². The Morgan fingerprint density at radius 1 is 1.64 bits per heavy atom. The normalized spacial score (nSPS) is 28.4. The Morgan fingerprint density at radius 2 is 2.50 bits per heavy atom. The number of hydrogen-bond acceptors (Lipinski definition) is 3. The van der Waals surface area contributed by atoms with Gasteiger partial charge < -0.3 is 5.73 Å². The van der Waals surface area contributed by atoms with E-state index in [1.54, 1.807) is 11.3 Å². The average molecular weight is 214 g/mol. The minimum atomic E-state index is -0.692. The predicted molar refractivity (Wildman–Crippen MR) is 57.1 cm³/mol. The number of likely N-dealkylation sites (tertiary alicyclic amines) is 1. The summed E-state index contributed by atoms with van der Waals surface area (Å²) < 4.78 is 13.1. The van der Waals surface area contributed by atoms with Gasteiger partial charge in [0.25, 0.3) is 0 Å². The van der Waals surface area contributed by atoms with Crippen molar-refractivity contribution in [1.29, 1.82) is 0 Å². The smallest absolute Gasteiger partial charge is 0.114 e. The van der Waals surface area contributed by atoms with Crippen LogP contribution in [0.1, 0.15) is 12.0 Å². The van der Waals surface area contributed by atoms with Crippen LogP contribution in [0.5, 0.6) is 0 Å². The van der Waals surface area contributed by atoms with Crippen LogP contribution in [-0.4, -0.2) is 30.2 Å². The summed E-state index contributed by atoms with van der Waals surface area (Å²) in [5.41, 5.74) is 6.88. The van der Waals surface area contributed by atoms with Gasteiger partial charge in [0.05, 0.1) is 0 Å². The lowest BCUT2D eigenvalue weighted by atomic mass is 10.2. The van der Waals surface area contributed by atoms with E-state index in [4.69, 9.17) is 5.73 Å². The van der Waals surface area contributed by atoms with Crippen molar-refractivity contribution in [1.82, 2.24) is 4.90 Å². The van der Waals surface area contributed by atoms with Crippen molar-refractivity contribution in [3.05, 3.63) is 22.4 Å². The maximum atomic E-state index is 13.1. The van der Waals surface area contributed by atoms with Crippen LogP contribution < -0.4 is 5.73 Å². The van der Waals surface area contributed by atoms with Crippen LogP contribution in [0.3, 0.4) is 0 Å². The van der Waals surface area contributed by atoms with E-state index in [0.29, 0.717) is 19.5 Å². The summed E-state index contributed by atoms with van der Waals surface area (Å²) >= 11 is 1.68. The van der Waals surface area contributed by atoms with Crippen LogP contribution in [0.15, 0.2) is 16.8 Å². The lowest BCUT2D eigenvalue weighted by Crippen LogP contribution is -2.34. The second-order valence-electron chi connectivity index (χ2n) is 3.78. The fourth-order valence-corrected chi connectivity index (χ4v) is 2.64. The van der Waals surface area contributed by atoms with Gasteiger partial charge >= 0.3 is 0 Å². The van der Waals surface area contributed by atoms with E-state index in [1.165, 1.54) is 5.56 Å². The van der Waals surface area contributed by atoms with Gasteiger partial charge in [-0.3, -0.25) is 4.90 Å². The Labute approximate surface area is 87.5 Å². The van der Waals surface area contributed by atoms with Gasteiger partial charge in [0.1, 0.15) is 6.17 Å². The second-order valence-corrected chi connectivity index (χ2v) is 4.56. The first kappa shape index (κ1) is 10.1. The molecule has 0 bridgehead atoms. The Hall–Kier alpha value is -0.450. The highest BCUT2D eigenvalue weighted by atomic mass is 32.1. The molecule has 0 aliphatic carbocycles. The molecular formula is C10H15FN2S. The first-order valence-corrected chi connectivity index (χ1v) is 5.83. The Morgan fingerprint density at radius 3 is 3.14 bits per heavy atom. The SMILES string of the molecule is NC[C@@H]1C[C@H](F)CN1Cc1ccsc1. The molecule has 2 heterocycles. The molecule has 1 saturated heterocycles. The molecule has 1 fully saturated rings. The molecule has 2 nitrogen and oxygen atoms in total. The lowest BCUT2D eigenvalue weighted by molar-refractivity contribution is 0.239. The quantitative estimate of drug-likeness (QED) is 0.828. The average Bonchev–Trinajstić information content (AvgIpc) is 2.76. The summed E-state index contributed by atoms with van der Waals surface area (Å²) in [7, 11) is 0. The van der Waals surface area contributed by atoms with E-state index in [0.717, 1.165) is 6.54 Å². The summed E-state index contributed by atoms with van der Waals surface area (Å²) in [6.45, 7) is 1.94. The first-order chi connectivity index (χ1) is 6.79. The zero-order valence-electron chi connectivity index (χ0n) is 8.03. The Bertz CT molecular complexity index is 276. The second kappa shape index (κ2) is 4.38. The minimum absolute atomic E-state index is 0.227. The van der Waals surface area contributed by atoms with Crippen LogP contribution >= 0.6 is 11.3 Å². The molecule has 0 radical (unpaired) electrons. The molecule has 14 heavy (non-hydrogen) atoms. The van der Waals surface area contributed by atoms with E-state index in [-0.39, 0.29) is 6.04 Å². The highest BCUT2D eigenvalue weighted by Crippen LogP contribution is 2.22. The van der Waals surface area contributed by atoms with Crippen molar-refractivity contribution in [2.24, 2.45) is 5.73 Å². The van der Waals surface area contributed by atoms with Gasteiger partial charge in [-0.1, -0.05) is 0 Å². The monoisotopic (exact) mass is 214 g/mol. The molecule has 0 spiro atoms. The number of hydrogen-bond donors (Lipinski definition) is 1. The number of rotatable bonds is 3. The van der Waals surface area contributed by atoms with Crippen molar-refractivity contribution in [2.75, 3.05) is 13.1 Å². The number of alkyl halides is 1. The van der Waals surface area contributed by atoms with E-state index in [2.05, 4.69) is 21.7 Å². The first-order valence-electron chi connectivity index (χ1n) is 4.89. The molecule has 1 aromatic rings. The van der Waals surface area contributed by atoms with E-state index >= 15 is 0 Å². The topological polar surface area (TPSA) is 29.3 Å². The number of halogens is 1. The van der Waals surface area contributed by atoms with Gasteiger partial charge in [-0.15, -0.1) is 0 Å². The molecule has 2 atom stereocenters. The van der Waals surface area contributed by atoms with Crippen LogP contribution in [-0.2, 0) is 6.54 Å². The van der Waals surface area contributed by atoms with Crippen LogP contribution in [0.25, 0.3) is 0 Å². The van der Waals surface area contributed by atoms with Gasteiger partial charge in [-0.2, -0.15) is 11.3 Å². The molecule has 2 N–H and O–H groups in total. The summed E-state index contributed by atoms with van der Waals surface area (Å²) in [6, 6.07) is 2.31. The fourth-order valence-electron chi connectivity index (χ4n) is 1.98. The lowest BCUT2D eigenvalue weighted by Gasteiger charge is -2.21. The third-order valence-electron chi connectivity index (χ3n) is 2.71. The molecule has 1 aliphatic rings. The van der Waals surface area contributed by atoms with Gasteiger partial charge in [0.15, 0.2) is 0 Å². The van der Waals surface area contributed by atoms with Gasteiger partial charge in [0.2, 0.25) is 0 Å². The van der Waals surface area contributed by atoms with Crippen molar-refractivity contribution in [2.45, 2.75) is 25.2 Å². The summed E-state index contributed by atoms with van der Waals surface area (Å²) in [5.74, 6) is 0. The predicted octanol–water partition coefficient (Wildman–Crippen LogP) is 1.62. The molecule has 78 valence electrons. The highest BCUT2D eigenvalue weighted by Gasteiger charge is 2.30. The third kappa shape index (κ3) is 2.13. The van der Waals surface area contributed by atoms with Crippen molar-refractivity contribution < 1.29 is 4.39 Å². The zero-order valence-corrected chi connectivity index (χ0v) is 8.84. The molecule has 0 amide bonds. The van der Waals surface area contributed by atoms with Crippen LogP contribution in [0, 0.1) is 0 Å². The zero-order chi connectivity index (χ0) is 9.97. The van der Waals surface area contributed by atoms with Crippen LogP contribution in [0.4, 0.5) is 4.39 Å². The maximum Gasteiger partial charge on any atom is 0.114 e. The largest absolute Gasteiger partial charge is 0.329 e. The van der Waals surface area contributed by atoms with Gasteiger partial charge in [0, 0.05) is 25.7 Å². The molecule has 2 rings (SSSR count). The third-order valence-corrected chi connectivity index (χ3v) is 3.45. The molecule has 0 unspecified atom stereocenters. The minimum Gasteiger partial charge on any atom is -0.329 e. The van der Waals surface area contributed by atoms with E-state index < -0.39 is 6.17 Å². The van der Waals surface area contributed by atoms with Gasteiger partial charge in [-0.25, -0.2) is 4.39 Å². The standard InChI is InChI=1S/C10H15FN2S/c11-9-3-10(4-12)13(6-9)5-8-1-2-14-7-8/h1-2,7,9-10H,3-6,12H2/t9-,10-/m0/s1. The van der Waals surface area contributed by atoms with Crippen molar-refractivity contribution >= 4 is 11.3 Å². The van der Waals surface area contributed by atoms with Gasteiger partial charge in [-0.05, 0) is 28.8 Å². The number of thiophene rings is 1. The molecule has 1 aromatic heterocycles. The molecule has 1 aliphatic heterocycles.